The molecule has 1 aliphatic heterocycles. The Labute approximate surface area is 152 Å². The molecule has 136 valence electrons. The highest BCUT2D eigenvalue weighted by Gasteiger charge is 2.31. The van der Waals surface area contributed by atoms with Gasteiger partial charge in [-0.3, -0.25) is 4.79 Å². The summed E-state index contributed by atoms with van der Waals surface area (Å²) >= 11 is 0. The molecule has 26 heavy (non-hydrogen) atoms. The van der Waals surface area contributed by atoms with Crippen molar-refractivity contribution in [1.82, 2.24) is 5.32 Å². The van der Waals surface area contributed by atoms with Crippen LogP contribution < -0.4 is 14.8 Å². The van der Waals surface area contributed by atoms with Crippen molar-refractivity contribution in [2.24, 2.45) is 0 Å². The van der Waals surface area contributed by atoms with Gasteiger partial charge in [-0.25, -0.2) is 4.79 Å². The van der Waals surface area contributed by atoms with Gasteiger partial charge in [0.1, 0.15) is 6.61 Å². The fraction of sp³-hybridized carbons (Fsp3) is 0.300. The van der Waals surface area contributed by atoms with Crippen LogP contribution in [-0.2, 0) is 20.9 Å². The maximum Gasteiger partial charge on any atom is 0.351 e. The Morgan fingerprint density at radius 3 is 2.58 bits per heavy atom. The topological polar surface area (TPSA) is 73.9 Å². The first kappa shape index (κ1) is 17.8. The highest BCUT2D eigenvalue weighted by atomic mass is 16.6. The molecule has 0 radical (unpaired) electrons. The molecule has 2 aromatic rings. The zero-order valence-corrected chi connectivity index (χ0v) is 14.7. The number of nitrogens with one attached hydrogen (secondary N) is 1. The number of fused-ring (bicyclic) bond motifs is 1. The number of carbonyl (C=O) groups excluding carboxylic acids is 2. The van der Waals surface area contributed by atoms with Crippen molar-refractivity contribution in [2.75, 3.05) is 6.61 Å². The Bertz CT molecular complexity index is 787. The number of amides is 1. The first-order valence-electron chi connectivity index (χ1n) is 8.45. The van der Waals surface area contributed by atoms with Gasteiger partial charge in [-0.1, -0.05) is 42.0 Å². The molecule has 0 spiro atoms. The number of para-hydroxylation sites is 2. The highest BCUT2D eigenvalue weighted by molar-refractivity contribution is 5.84. The molecule has 1 aliphatic rings. The van der Waals surface area contributed by atoms with Gasteiger partial charge < -0.3 is 19.5 Å². The Morgan fingerprint density at radius 2 is 1.85 bits per heavy atom. The Hall–Kier alpha value is -3.02. The number of aryl methyl sites for hydroxylation is 1. The predicted octanol–water partition coefficient (Wildman–Crippen LogP) is 2.38. The Balaban J connectivity index is 1.49. The zero-order chi connectivity index (χ0) is 18.5. The van der Waals surface area contributed by atoms with E-state index in [9.17, 15) is 9.59 Å². The van der Waals surface area contributed by atoms with E-state index in [1.54, 1.807) is 18.2 Å². The standard InChI is InChI=1S/C20H21NO5/c1-13-7-9-15(10-8-13)11-21-19(22)14(2)25-20(23)18-12-24-16-5-3-4-6-17(16)26-18/h3-10,14,18H,11-12H2,1-2H3,(H,21,22)/t14-,18-/m0/s1. The number of ether oxygens (including phenoxy) is 3. The average molecular weight is 355 g/mol. The van der Waals surface area contributed by atoms with Crippen molar-refractivity contribution in [1.29, 1.82) is 0 Å². The van der Waals surface area contributed by atoms with Crippen molar-refractivity contribution in [2.45, 2.75) is 32.6 Å². The second-order valence-corrected chi connectivity index (χ2v) is 6.15. The van der Waals surface area contributed by atoms with Crippen LogP contribution >= 0.6 is 0 Å². The first-order valence-corrected chi connectivity index (χ1v) is 8.45. The summed E-state index contributed by atoms with van der Waals surface area (Å²) in [6.45, 7) is 3.95. The molecule has 0 bridgehead atoms. The summed E-state index contributed by atoms with van der Waals surface area (Å²) in [6, 6.07) is 14.9. The summed E-state index contributed by atoms with van der Waals surface area (Å²) in [5.74, 6) is 0.0751. The smallest absolute Gasteiger partial charge is 0.351 e. The van der Waals surface area contributed by atoms with Gasteiger partial charge >= 0.3 is 5.97 Å². The highest BCUT2D eigenvalue weighted by Crippen LogP contribution is 2.31. The van der Waals surface area contributed by atoms with Crippen LogP contribution in [0.3, 0.4) is 0 Å². The summed E-state index contributed by atoms with van der Waals surface area (Å²) in [4.78, 5) is 24.4. The SMILES string of the molecule is Cc1ccc(CNC(=O)[C@H](C)OC(=O)[C@@H]2COc3ccccc3O2)cc1. The van der Waals surface area contributed by atoms with E-state index >= 15 is 0 Å². The van der Waals surface area contributed by atoms with Gasteiger partial charge in [-0.15, -0.1) is 0 Å². The molecule has 6 nitrogen and oxygen atoms in total. The van der Waals surface area contributed by atoms with Crippen LogP contribution in [0.25, 0.3) is 0 Å². The minimum Gasteiger partial charge on any atom is -0.485 e. The summed E-state index contributed by atoms with van der Waals surface area (Å²) in [5, 5.41) is 2.75. The summed E-state index contributed by atoms with van der Waals surface area (Å²) in [6.07, 6.45) is -1.81. The van der Waals surface area contributed by atoms with Crippen LogP contribution in [-0.4, -0.2) is 30.7 Å². The van der Waals surface area contributed by atoms with Crippen LogP contribution in [0.4, 0.5) is 0 Å². The second-order valence-electron chi connectivity index (χ2n) is 6.15. The lowest BCUT2D eigenvalue weighted by molar-refractivity contribution is -0.163. The van der Waals surface area contributed by atoms with E-state index in [2.05, 4.69) is 5.32 Å². The third-order valence-electron chi connectivity index (χ3n) is 4.02. The van der Waals surface area contributed by atoms with Crippen LogP contribution in [0.2, 0.25) is 0 Å². The van der Waals surface area contributed by atoms with Crippen molar-refractivity contribution in [3.63, 3.8) is 0 Å². The van der Waals surface area contributed by atoms with Crippen LogP contribution in [0.15, 0.2) is 48.5 Å². The third kappa shape index (κ3) is 4.33. The molecular formula is C20H21NO5. The molecule has 0 fully saturated rings. The van der Waals surface area contributed by atoms with Crippen molar-refractivity contribution in [3.05, 3.63) is 59.7 Å². The lowest BCUT2D eigenvalue weighted by Gasteiger charge is -2.25. The summed E-state index contributed by atoms with van der Waals surface area (Å²) in [5.41, 5.74) is 2.13. The van der Waals surface area contributed by atoms with E-state index in [1.165, 1.54) is 6.92 Å². The molecule has 1 amide bonds. The number of benzene rings is 2. The van der Waals surface area contributed by atoms with E-state index in [-0.39, 0.29) is 12.5 Å². The minimum atomic E-state index is -0.922. The van der Waals surface area contributed by atoms with Gasteiger partial charge in [0, 0.05) is 6.54 Å². The quantitative estimate of drug-likeness (QED) is 0.834. The summed E-state index contributed by atoms with van der Waals surface area (Å²) in [7, 11) is 0. The molecule has 0 aromatic heterocycles. The van der Waals surface area contributed by atoms with Crippen molar-refractivity contribution >= 4 is 11.9 Å². The molecule has 1 heterocycles. The number of carbonyl (C=O) groups is 2. The van der Waals surface area contributed by atoms with Gasteiger partial charge in [0.25, 0.3) is 5.91 Å². The molecule has 2 atom stereocenters. The van der Waals surface area contributed by atoms with Gasteiger partial charge in [-0.2, -0.15) is 0 Å². The molecule has 3 rings (SSSR count). The van der Waals surface area contributed by atoms with E-state index in [0.717, 1.165) is 11.1 Å². The minimum absolute atomic E-state index is 0.0492. The molecule has 1 N–H and O–H groups in total. The fourth-order valence-corrected chi connectivity index (χ4v) is 2.48. The van der Waals surface area contributed by atoms with Crippen LogP contribution in [0.5, 0.6) is 11.5 Å². The largest absolute Gasteiger partial charge is 0.485 e. The molecule has 2 aromatic carbocycles. The monoisotopic (exact) mass is 355 g/mol. The van der Waals surface area contributed by atoms with E-state index in [1.807, 2.05) is 37.3 Å². The maximum absolute atomic E-state index is 12.2. The maximum atomic E-state index is 12.2. The molecule has 0 unspecified atom stereocenters. The Morgan fingerprint density at radius 1 is 1.15 bits per heavy atom. The molecule has 0 aliphatic carbocycles. The Kier molecular flexibility index (Phi) is 5.41. The molecule has 0 saturated heterocycles. The third-order valence-corrected chi connectivity index (χ3v) is 4.02. The van der Waals surface area contributed by atoms with E-state index in [4.69, 9.17) is 14.2 Å². The van der Waals surface area contributed by atoms with E-state index < -0.39 is 18.2 Å². The number of esters is 1. The van der Waals surface area contributed by atoms with Gasteiger partial charge in [0.15, 0.2) is 17.6 Å². The zero-order valence-electron chi connectivity index (χ0n) is 14.7. The van der Waals surface area contributed by atoms with Gasteiger partial charge in [0.2, 0.25) is 6.10 Å². The number of hydrogen-bond acceptors (Lipinski definition) is 5. The van der Waals surface area contributed by atoms with Gasteiger partial charge in [-0.05, 0) is 31.5 Å². The van der Waals surface area contributed by atoms with Crippen molar-refractivity contribution < 1.29 is 23.8 Å². The first-order chi connectivity index (χ1) is 12.5. The van der Waals surface area contributed by atoms with Crippen LogP contribution in [0.1, 0.15) is 18.1 Å². The normalized spacial score (nSPS) is 16.5. The number of rotatable bonds is 5. The molecule has 0 saturated carbocycles. The van der Waals surface area contributed by atoms with Gasteiger partial charge in [0.05, 0.1) is 0 Å². The van der Waals surface area contributed by atoms with Crippen LogP contribution in [0, 0.1) is 6.92 Å². The number of hydrogen-bond donors (Lipinski definition) is 1. The second kappa shape index (κ2) is 7.91. The average Bonchev–Trinajstić information content (AvgIpc) is 2.66. The fourth-order valence-electron chi connectivity index (χ4n) is 2.48. The predicted molar refractivity (Wildman–Crippen MR) is 94.9 cm³/mol. The van der Waals surface area contributed by atoms with E-state index in [0.29, 0.717) is 18.0 Å². The summed E-state index contributed by atoms with van der Waals surface area (Å²) < 4.78 is 16.3. The molecule has 6 heteroatoms. The lowest BCUT2D eigenvalue weighted by atomic mass is 10.1. The van der Waals surface area contributed by atoms with Crippen molar-refractivity contribution in [3.8, 4) is 11.5 Å². The molecular weight excluding hydrogens is 334 g/mol. The lowest BCUT2D eigenvalue weighted by Crippen LogP contribution is -2.42.